The minimum atomic E-state index is -0.454. The van der Waals surface area contributed by atoms with Gasteiger partial charge >= 0.3 is 6.03 Å². The normalized spacial score (nSPS) is 23.4. The molecule has 2 atom stereocenters. The van der Waals surface area contributed by atoms with E-state index >= 15 is 0 Å². The summed E-state index contributed by atoms with van der Waals surface area (Å²) in [5.74, 6) is 0.595. The average molecular weight is 359 g/mol. The largest absolute Gasteiger partial charge is 0.494 e. The van der Waals surface area contributed by atoms with E-state index in [9.17, 15) is 14.4 Å². The molecule has 1 N–H and O–H groups in total. The van der Waals surface area contributed by atoms with Gasteiger partial charge in [0, 0.05) is 18.2 Å². The maximum atomic E-state index is 12.2. The Hall–Kier alpha value is -2.41. The molecule has 3 amide bonds. The fourth-order valence-electron chi connectivity index (χ4n) is 3.51. The molecule has 0 saturated carbocycles. The van der Waals surface area contributed by atoms with Crippen LogP contribution in [0.15, 0.2) is 24.3 Å². The number of ketones is 1. The summed E-state index contributed by atoms with van der Waals surface area (Å²) < 4.78 is 5.73. The predicted octanol–water partition coefficient (Wildman–Crippen LogP) is 2.37. The van der Waals surface area contributed by atoms with Gasteiger partial charge in [0.05, 0.1) is 6.61 Å². The van der Waals surface area contributed by atoms with Gasteiger partial charge in [-0.3, -0.25) is 9.59 Å². The number of hydrogen-bond donors (Lipinski definition) is 1. The van der Waals surface area contributed by atoms with E-state index in [0.717, 1.165) is 38.0 Å². The quantitative estimate of drug-likeness (QED) is 0.459. The van der Waals surface area contributed by atoms with Gasteiger partial charge in [-0.05, 0) is 63.8 Å². The summed E-state index contributed by atoms with van der Waals surface area (Å²) in [4.78, 5) is 35.5. The van der Waals surface area contributed by atoms with E-state index in [1.54, 1.807) is 31.2 Å². The molecule has 1 aromatic carbocycles. The van der Waals surface area contributed by atoms with Gasteiger partial charge in [-0.25, -0.2) is 9.80 Å². The Morgan fingerprint density at radius 3 is 2.62 bits per heavy atom. The smallest absolute Gasteiger partial charge is 0.339 e. The van der Waals surface area contributed by atoms with Gasteiger partial charge in [-0.2, -0.15) is 5.01 Å². The molecule has 0 bridgehead atoms. The molecule has 1 aromatic rings. The van der Waals surface area contributed by atoms with E-state index in [0.29, 0.717) is 12.2 Å². The van der Waals surface area contributed by atoms with Crippen LogP contribution in [0.25, 0.3) is 0 Å². The number of imide groups is 1. The van der Waals surface area contributed by atoms with Crippen LogP contribution in [0, 0.1) is 0 Å². The van der Waals surface area contributed by atoms with Crippen molar-refractivity contribution in [2.24, 2.45) is 0 Å². The van der Waals surface area contributed by atoms with Crippen molar-refractivity contribution in [3.63, 3.8) is 0 Å². The summed E-state index contributed by atoms with van der Waals surface area (Å²) in [5, 5.41) is 5.85. The first-order chi connectivity index (χ1) is 12.5. The first-order valence-corrected chi connectivity index (χ1v) is 9.12. The van der Waals surface area contributed by atoms with Crippen molar-refractivity contribution in [3.05, 3.63) is 29.8 Å². The highest BCUT2D eigenvalue weighted by Gasteiger charge is 2.42. The molecule has 26 heavy (non-hydrogen) atoms. The van der Waals surface area contributed by atoms with E-state index in [2.05, 4.69) is 5.32 Å². The van der Waals surface area contributed by atoms with E-state index in [1.807, 2.05) is 5.01 Å². The molecule has 0 aliphatic carbocycles. The number of carbonyl (C=O) groups is 3. The Balaban J connectivity index is 1.47. The van der Waals surface area contributed by atoms with Crippen LogP contribution in [0.2, 0.25) is 0 Å². The van der Waals surface area contributed by atoms with Crippen molar-refractivity contribution in [3.8, 4) is 5.75 Å². The SMILES string of the molecule is CC(=O)c1ccc(OCCCC2CCCN2N2C(=O)N[C@H](C)C2=O)cc1. The van der Waals surface area contributed by atoms with Crippen molar-refractivity contribution in [2.45, 2.75) is 51.6 Å². The summed E-state index contributed by atoms with van der Waals surface area (Å²) >= 11 is 0. The Labute approximate surface area is 153 Å². The number of benzene rings is 1. The van der Waals surface area contributed by atoms with Gasteiger partial charge in [-0.1, -0.05) is 0 Å². The zero-order valence-electron chi connectivity index (χ0n) is 15.2. The van der Waals surface area contributed by atoms with Crippen LogP contribution in [0.5, 0.6) is 5.75 Å². The monoisotopic (exact) mass is 359 g/mol. The standard InChI is InChI=1S/C19H25N3O4/c1-13-18(24)22(19(25)20-13)21-11-3-5-16(21)6-4-12-26-17-9-7-15(8-10-17)14(2)23/h7-10,13,16H,3-6,11-12H2,1-2H3,(H,20,25)/t13-,16?/m1/s1. The third-order valence-corrected chi connectivity index (χ3v) is 4.93. The third-order valence-electron chi connectivity index (χ3n) is 4.93. The van der Waals surface area contributed by atoms with Crippen LogP contribution >= 0.6 is 0 Å². The lowest BCUT2D eigenvalue weighted by Crippen LogP contribution is -2.49. The highest BCUT2D eigenvalue weighted by molar-refractivity contribution is 6.03. The molecule has 0 aromatic heterocycles. The number of ether oxygens (including phenoxy) is 1. The summed E-state index contributed by atoms with van der Waals surface area (Å²) in [6.45, 7) is 4.52. The number of hydrazine groups is 1. The highest BCUT2D eigenvalue weighted by Crippen LogP contribution is 2.26. The van der Waals surface area contributed by atoms with Crippen molar-refractivity contribution in [2.75, 3.05) is 13.2 Å². The van der Waals surface area contributed by atoms with E-state index in [1.165, 1.54) is 11.9 Å². The number of rotatable bonds is 7. The van der Waals surface area contributed by atoms with Gasteiger partial charge in [0.2, 0.25) is 0 Å². The number of carbonyl (C=O) groups excluding carboxylic acids is 3. The Morgan fingerprint density at radius 1 is 1.27 bits per heavy atom. The van der Waals surface area contributed by atoms with Crippen LogP contribution < -0.4 is 10.1 Å². The number of Topliss-reactive ketones (excluding diaryl/α,β-unsaturated/α-hetero) is 1. The second kappa shape index (κ2) is 7.86. The molecule has 2 fully saturated rings. The van der Waals surface area contributed by atoms with Crippen LogP contribution in [0.3, 0.4) is 0 Å². The zero-order chi connectivity index (χ0) is 18.7. The maximum absolute atomic E-state index is 12.2. The van der Waals surface area contributed by atoms with Gasteiger partial charge in [0.1, 0.15) is 11.8 Å². The first-order valence-electron chi connectivity index (χ1n) is 9.12. The molecule has 2 aliphatic rings. The second-order valence-electron chi connectivity index (χ2n) is 6.85. The molecule has 1 unspecified atom stereocenters. The summed E-state index contributed by atoms with van der Waals surface area (Å²) in [6.07, 6.45) is 3.63. The number of nitrogens with one attached hydrogen (secondary N) is 1. The fraction of sp³-hybridized carbons (Fsp3) is 0.526. The third kappa shape index (κ3) is 3.88. The molecule has 3 rings (SSSR count). The van der Waals surface area contributed by atoms with Gasteiger partial charge < -0.3 is 10.1 Å². The number of urea groups is 1. The minimum Gasteiger partial charge on any atom is -0.494 e. The lowest BCUT2D eigenvalue weighted by molar-refractivity contribution is -0.140. The van der Waals surface area contributed by atoms with Crippen LogP contribution in [-0.4, -0.2) is 53.0 Å². The number of nitrogens with zero attached hydrogens (tertiary/aromatic N) is 2. The van der Waals surface area contributed by atoms with Crippen LogP contribution in [0.1, 0.15) is 49.9 Å². The minimum absolute atomic E-state index is 0.0349. The van der Waals surface area contributed by atoms with Crippen LogP contribution in [0.4, 0.5) is 4.79 Å². The van der Waals surface area contributed by atoms with E-state index < -0.39 is 6.04 Å². The summed E-state index contributed by atoms with van der Waals surface area (Å²) in [7, 11) is 0. The van der Waals surface area contributed by atoms with Crippen LogP contribution in [-0.2, 0) is 4.79 Å². The fourth-order valence-corrected chi connectivity index (χ4v) is 3.51. The molecule has 7 heteroatoms. The van der Waals surface area contributed by atoms with Gasteiger partial charge in [0.15, 0.2) is 5.78 Å². The van der Waals surface area contributed by atoms with E-state index in [-0.39, 0.29) is 23.8 Å². The summed E-state index contributed by atoms with van der Waals surface area (Å²) in [6, 6.07) is 6.52. The molecule has 140 valence electrons. The van der Waals surface area contributed by atoms with Crippen molar-refractivity contribution >= 4 is 17.7 Å². The molecule has 2 saturated heterocycles. The van der Waals surface area contributed by atoms with Crippen molar-refractivity contribution in [1.82, 2.24) is 15.3 Å². The van der Waals surface area contributed by atoms with Gasteiger partial charge in [0.25, 0.3) is 5.91 Å². The summed E-state index contributed by atoms with van der Waals surface area (Å²) in [5.41, 5.74) is 0.668. The first kappa shape index (κ1) is 18.4. The van der Waals surface area contributed by atoms with Crippen molar-refractivity contribution in [1.29, 1.82) is 0 Å². The number of hydrogen-bond acceptors (Lipinski definition) is 5. The van der Waals surface area contributed by atoms with E-state index in [4.69, 9.17) is 4.74 Å². The molecular formula is C19H25N3O4. The molecular weight excluding hydrogens is 334 g/mol. The molecule has 2 aliphatic heterocycles. The Bertz CT molecular complexity index is 689. The lowest BCUT2D eigenvalue weighted by Gasteiger charge is -2.30. The van der Waals surface area contributed by atoms with Crippen molar-refractivity contribution < 1.29 is 19.1 Å². The molecule has 0 spiro atoms. The lowest BCUT2D eigenvalue weighted by atomic mass is 10.1. The Morgan fingerprint density at radius 2 is 2.00 bits per heavy atom. The highest BCUT2D eigenvalue weighted by atomic mass is 16.5. The predicted molar refractivity (Wildman–Crippen MR) is 95.7 cm³/mol. The number of amides is 3. The second-order valence-corrected chi connectivity index (χ2v) is 6.85. The zero-order valence-corrected chi connectivity index (χ0v) is 15.2. The van der Waals surface area contributed by atoms with Gasteiger partial charge in [-0.15, -0.1) is 0 Å². The molecule has 7 nitrogen and oxygen atoms in total. The molecule has 2 heterocycles. The molecule has 0 radical (unpaired) electrons. The average Bonchev–Trinajstić information content (AvgIpc) is 3.16. The Kier molecular flexibility index (Phi) is 5.56. The maximum Gasteiger partial charge on any atom is 0.339 e. The topological polar surface area (TPSA) is 79.0 Å².